The molecular weight excluding hydrogens is 370 g/mol. The largest absolute Gasteiger partial charge is 0.454 e. The molecular formula is C22H21N3O4. The zero-order chi connectivity index (χ0) is 20.0. The molecule has 1 unspecified atom stereocenters. The van der Waals surface area contributed by atoms with E-state index in [1.807, 2.05) is 30.0 Å². The lowest BCUT2D eigenvalue weighted by Gasteiger charge is -2.34. The molecule has 29 heavy (non-hydrogen) atoms. The molecule has 0 spiro atoms. The van der Waals surface area contributed by atoms with Crippen molar-refractivity contribution >= 4 is 28.8 Å². The molecule has 3 aliphatic rings. The molecule has 0 radical (unpaired) electrons. The average molecular weight is 391 g/mol. The van der Waals surface area contributed by atoms with Crippen LogP contribution in [-0.4, -0.2) is 48.7 Å². The second-order valence-corrected chi connectivity index (χ2v) is 7.64. The van der Waals surface area contributed by atoms with Crippen LogP contribution >= 0.6 is 0 Å². The van der Waals surface area contributed by atoms with Crippen LogP contribution in [-0.2, 0) is 4.79 Å². The first kappa shape index (κ1) is 17.9. The normalized spacial score (nSPS) is 20.0. The van der Waals surface area contributed by atoms with Crippen LogP contribution in [0.2, 0.25) is 0 Å². The Kier molecular flexibility index (Phi) is 4.32. The van der Waals surface area contributed by atoms with Gasteiger partial charge in [-0.25, -0.2) is 0 Å². The Morgan fingerprint density at radius 1 is 1.21 bits per heavy atom. The number of nitrogens with zero attached hydrogens (tertiary/aromatic N) is 2. The Balaban J connectivity index is 1.25. The zero-order valence-electron chi connectivity index (χ0n) is 16.1. The second-order valence-electron chi connectivity index (χ2n) is 7.64. The van der Waals surface area contributed by atoms with Crippen LogP contribution in [0.25, 0.3) is 0 Å². The molecule has 0 bridgehead atoms. The van der Waals surface area contributed by atoms with Gasteiger partial charge in [-0.1, -0.05) is 11.6 Å². The van der Waals surface area contributed by atoms with Crippen LogP contribution in [0.1, 0.15) is 22.3 Å². The van der Waals surface area contributed by atoms with E-state index in [1.165, 1.54) is 0 Å². The van der Waals surface area contributed by atoms with Gasteiger partial charge < -0.3 is 14.8 Å². The van der Waals surface area contributed by atoms with Gasteiger partial charge >= 0.3 is 0 Å². The van der Waals surface area contributed by atoms with Gasteiger partial charge in [0.25, 0.3) is 0 Å². The fourth-order valence-electron chi connectivity index (χ4n) is 4.08. The highest BCUT2D eigenvalue weighted by atomic mass is 16.7. The maximum absolute atomic E-state index is 13.0. The number of rotatable bonds is 3. The van der Waals surface area contributed by atoms with Gasteiger partial charge in [0, 0.05) is 36.1 Å². The van der Waals surface area contributed by atoms with E-state index in [9.17, 15) is 9.59 Å². The summed E-state index contributed by atoms with van der Waals surface area (Å²) in [5.74, 6) is 1.02. The molecule has 0 saturated carbocycles. The number of carbonyl (C=O) groups is 2. The van der Waals surface area contributed by atoms with Crippen molar-refractivity contribution in [3.05, 3.63) is 47.5 Å². The number of nitrogens with one attached hydrogen (secondary N) is 1. The van der Waals surface area contributed by atoms with Crippen molar-refractivity contribution in [2.24, 2.45) is 10.9 Å². The summed E-state index contributed by atoms with van der Waals surface area (Å²) in [6.45, 7) is 3.62. The topological polar surface area (TPSA) is 80.2 Å². The number of carbonyl (C=O) groups excluding carboxylic acids is 2. The first-order chi connectivity index (χ1) is 14.1. The Morgan fingerprint density at radius 3 is 2.97 bits per heavy atom. The number of aryl methyl sites for hydroxylation is 1. The first-order valence-corrected chi connectivity index (χ1v) is 9.71. The Hall–Kier alpha value is -3.19. The van der Waals surface area contributed by atoms with Crippen molar-refractivity contribution in [3.8, 4) is 11.5 Å². The lowest BCUT2D eigenvalue weighted by molar-refractivity contribution is -0.117. The summed E-state index contributed by atoms with van der Waals surface area (Å²) in [7, 11) is 0. The minimum absolute atomic E-state index is 0.106. The smallest absolute Gasteiger partial charge is 0.238 e. The van der Waals surface area contributed by atoms with E-state index in [0.717, 1.165) is 17.0 Å². The van der Waals surface area contributed by atoms with Gasteiger partial charge in [-0.2, -0.15) is 0 Å². The summed E-state index contributed by atoms with van der Waals surface area (Å²) in [5, 5.41) is 2.89. The van der Waals surface area contributed by atoms with Crippen molar-refractivity contribution in [3.63, 3.8) is 0 Å². The number of aliphatic imine (C=N–C) groups is 1. The summed E-state index contributed by atoms with van der Waals surface area (Å²) < 4.78 is 10.6. The minimum atomic E-state index is -0.267. The molecule has 2 aromatic rings. The number of likely N-dealkylation sites (tertiary alicyclic amines) is 1. The summed E-state index contributed by atoms with van der Waals surface area (Å²) in [6.07, 6.45) is 0.695. The van der Waals surface area contributed by atoms with E-state index in [-0.39, 0.29) is 30.9 Å². The molecule has 2 aromatic carbocycles. The fraction of sp³-hybridized carbons (Fsp3) is 0.318. The van der Waals surface area contributed by atoms with Crippen LogP contribution in [0.4, 0.5) is 11.4 Å². The third-order valence-electron chi connectivity index (χ3n) is 5.55. The van der Waals surface area contributed by atoms with Gasteiger partial charge in [0.05, 0.1) is 18.2 Å². The maximum Gasteiger partial charge on any atom is 0.238 e. The standard InChI is InChI=1S/C22H21N3O4/c1-13-2-4-17-15(8-13)22(27)16-10-25(7-6-18(16)24-17)11-21(26)23-14-3-5-19-20(9-14)29-12-28-19/h2-5,8-9,16H,6-7,10-12H2,1H3,(H,23,26). The number of benzene rings is 2. The molecule has 1 N–H and O–H groups in total. The highest BCUT2D eigenvalue weighted by molar-refractivity contribution is 6.18. The summed E-state index contributed by atoms with van der Waals surface area (Å²) in [4.78, 5) is 32.3. The second kappa shape index (κ2) is 7.00. The van der Waals surface area contributed by atoms with Crippen molar-refractivity contribution in [1.82, 2.24) is 4.90 Å². The van der Waals surface area contributed by atoms with E-state index in [0.29, 0.717) is 42.3 Å². The monoisotopic (exact) mass is 391 g/mol. The highest BCUT2D eigenvalue weighted by Crippen LogP contribution is 2.35. The number of ketones is 1. The Bertz CT molecular complexity index is 1050. The third kappa shape index (κ3) is 3.38. The molecule has 3 heterocycles. The average Bonchev–Trinajstić information content (AvgIpc) is 3.17. The number of anilines is 1. The van der Waals surface area contributed by atoms with E-state index in [2.05, 4.69) is 5.32 Å². The molecule has 7 heteroatoms. The molecule has 1 atom stereocenters. The van der Waals surface area contributed by atoms with Gasteiger partial charge in [-0.15, -0.1) is 0 Å². The van der Waals surface area contributed by atoms with Crippen LogP contribution < -0.4 is 14.8 Å². The van der Waals surface area contributed by atoms with Gasteiger partial charge in [0.15, 0.2) is 17.3 Å². The van der Waals surface area contributed by atoms with Crippen molar-refractivity contribution < 1.29 is 19.1 Å². The van der Waals surface area contributed by atoms with Crippen molar-refractivity contribution in [2.45, 2.75) is 13.3 Å². The van der Waals surface area contributed by atoms with Gasteiger partial charge in [0.1, 0.15) is 0 Å². The van der Waals surface area contributed by atoms with Crippen LogP contribution in [0.3, 0.4) is 0 Å². The fourth-order valence-corrected chi connectivity index (χ4v) is 4.08. The van der Waals surface area contributed by atoms with Gasteiger partial charge in [0.2, 0.25) is 12.7 Å². The predicted octanol–water partition coefficient (Wildman–Crippen LogP) is 2.95. The number of piperidine rings is 1. The number of hydrogen-bond acceptors (Lipinski definition) is 6. The maximum atomic E-state index is 13.0. The minimum Gasteiger partial charge on any atom is -0.454 e. The van der Waals surface area contributed by atoms with Gasteiger partial charge in [-0.3, -0.25) is 19.5 Å². The number of Topliss-reactive ketones (excluding diaryl/α,β-unsaturated/α-hetero) is 1. The molecule has 1 amide bonds. The van der Waals surface area contributed by atoms with Crippen molar-refractivity contribution in [1.29, 1.82) is 0 Å². The molecule has 148 valence electrons. The van der Waals surface area contributed by atoms with Gasteiger partial charge in [-0.05, 0) is 37.6 Å². The number of hydrogen-bond donors (Lipinski definition) is 1. The lowest BCUT2D eigenvalue weighted by atomic mass is 9.84. The van der Waals surface area contributed by atoms with E-state index >= 15 is 0 Å². The van der Waals surface area contributed by atoms with Crippen LogP contribution in [0, 0.1) is 12.8 Å². The quantitative estimate of drug-likeness (QED) is 0.870. The highest BCUT2D eigenvalue weighted by Gasteiger charge is 2.36. The molecule has 1 saturated heterocycles. The number of ether oxygens (including phenoxy) is 2. The number of fused-ring (bicyclic) bond motifs is 3. The zero-order valence-corrected chi connectivity index (χ0v) is 16.1. The molecule has 5 rings (SSSR count). The summed E-state index contributed by atoms with van der Waals surface area (Å²) in [5.41, 5.74) is 4.09. The third-order valence-corrected chi connectivity index (χ3v) is 5.55. The van der Waals surface area contributed by atoms with Crippen LogP contribution in [0.5, 0.6) is 11.5 Å². The van der Waals surface area contributed by atoms with Crippen LogP contribution in [0.15, 0.2) is 41.4 Å². The number of amides is 1. The molecule has 3 aliphatic heterocycles. The predicted molar refractivity (Wildman–Crippen MR) is 108 cm³/mol. The molecule has 7 nitrogen and oxygen atoms in total. The van der Waals surface area contributed by atoms with Crippen molar-refractivity contribution in [2.75, 3.05) is 31.7 Å². The SMILES string of the molecule is Cc1ccc2c(c1)C(=O)C1CN(CC(=O)Nc3ccc4c(c3)OCO4)CCC1=N2. The van der Waals surface area contributed by atoms with E-state index in [1.54, 1.807) is 18.2 Å². The molecule has 0 aromatic heterocycles. The lowest BCUT2D eigenvalue weighted by Crippen LogP contribution is -2.47. The Morgan fingerprint density at radius 2 is 2.07 bits per heavy atom. The molecule has 1 fully saturated rings. The summed E-state index contributed by atoms with van der Waals surface area (Å²) in [6, 6.07) is 11.1. The first-order valence-electron chi connectivity index (χ1n) is 9.71. The van der Waals surface area contributed by atoms with E-state index < -0.39 is 0 Å². The molecule has 0 aliphatic carbocycles. The summed E-state index contributed by atoms with van der Waals surface area (Å²) >= 11 is 0. The Labute approximate surface area is 168 Å². The van der Waals surface area contributed by atoms with E-state index in [4.69, 9.17) is 14.5 Å².